The third-order valence-corrected chi connectivity index (χ3v) is 30.8. The van der Waals surface area contributed by atoms with Gasteiger partial charge in [0.25, 0.3) is 29.5 Å². The number of nitrogens with one attached hydrogen (secondary N) is 11. The van der Waals surface area contributed by atoms with E-state index in [0.717, 1.165) is 213 Å². The molecule has 32 heteroatoms. The number of halogens is 1. The second-order valence-electron chi connectivity index (χ2n) is 36.0. The number of benzene rings is 4. The minimum atomic E-state index is -0.148. The molecule has 0 spiro atoms. The van der Waals surface area contributed by atoms with Crippen molar-refractivity contribution in [2.75, 3.05) is 119 Å². The van der Waals surface area contributed by atoms with E-state index in [0.29, 0.717) is 101 Å². The number of fused-ring (bicyclic) bond motifs is 4. The van der Waals surface area contributed by atoms with Crippen LogP contribution in [-0.4, -0.2) is 201 Å². The third kappa shape index (κ3) is 25.8. The van der Waals surface area contributed by atoms with Crippen LogP contribution in [0.1, 0.15) is 277 Å². The van der Waals surface area contributed by atoms with Crippen molar-refractivity contribution in [3.8, 4) is 33.8 Å². The van der Waals surface area contributed by atoms with Crippen molar-refractivity contribution in [2.24, 2.45) is 11.7 Å². The van der Waals surface area contributed by atoms with Crippen molar-refractivity contribution < 1.29 is 43.2 Å². The van der Waals surface area contributed by atoms with E-state index in [9.17, 15) is 43.2 Å². The van der Waals surface area contributed by atoms with Gasteiger partial charge in [0, 0.05) is 170 Å². The number of carbonyl (C=O) groups excluding carboxylic acids is 9. The van der Waals surface area contributed by atoms with Gasteiger partial charge in [-0.25, -0.2) is 15.0 Å². The second kappa shape index (κ2) is 48.8. The van der Waals surface area contributed by atoms with Crippen LogP contribution in [0.25, 0.3) is 57.1 Å². The molecule has 18 rings (SSSR count). The molecule has 0 radical (unpaired) electrons. The van der Waals surface area contributed by atoms with E-state index in [1.807, 2.05) is 76.2 Å². The number of nitrogens with zero attached hydrogens (tertiary/aromatic N) is 6. The smallest absolute Gasteiger partial charge is 0.256 e. The predicted octanol–water partition coefficient (Wildman–Crippen LogP) is 18.9. The van der Waals surface area contributed by atoms with Crippen LogP contribution in [0.4, 0.5) is 22.7 Å². The highest BCUT2D eigenvalue weighted by atomic mass is 35.5. The van der Waals surface area contributed by atoms with Gasteiger partial charge in [0.2, 0.25) is 11.8 Å². The van der Waals surface area contributed by atoms with Gasteiger partial charge in [0.15, 0.2) is 12.1 Å². The maximum atomic E-state index is 13.0. The Bertz CT molecular complexity index is 5880. The van der Waals surface area contributed by atoms with E-state index in [2.05, 4.69) is 148 Å². The summed E-state index contributed by atoms with van der Waals surface area (Å²) in [5.74, 6) is 1.63. The molecule has 10 aromatic rings. The monoisotopic (exact) mass is 1950 g/mol. The minimum Gasteiger partial charge on any atom is -0.393 e. The Hall–Kier alpha value is -11.3. The van der Waals surface area contributed by atoms with Crippen LogP contribution in [0.5, 0.6) is 0 Å². The second-order valence-corrected chi connectivity index (χ2v) is 39.4. The molecule has 13 N–H and O–H groups in total. The van der Waals surface area contributed by atoms with Crippen molar-refractivity contribution in [1.29, 1.82) is 0 Å². The van der Waals surface area contributed by atoms with Crippen LogP contribution in [0.2, 0.25) is 0 Å². The quantitative estimate of drug-likeness (QED) is 0.00654. The van der Waals surface area contributed by atoms with E-state index in [4.69, 9.17) is 44.5 Å². The SMILES string of the molecule is CCN(CC)CCNC(=O)c1c(C)[nH]c(/C=C2\C(=O)Nc3ccc(-c4csc(C5CCCC5)n4)cc32)c1C.CCN(CC)CCNC(=O)c1c(C)[nH]c(/C=C2\C(=O)Nc3ccc(-c4csc(C5CCNC5)n4)cc32)c1C.CCN(CC)CCNC(=O)c1c(C)[nH]c(C=O)c1C.NC(=S)C1CCCC1.O=C1Cc2cc(-c3csc(C4CCCC4)n3)ccc2N1.O=C1Cc2cc(C(=O)CCl)ccc2N1. The number of H-pyrrole nitrogens is 3. The molecular weight excluding hydrogens is 1820 g/mol. The Morgan fingerprint density at radius 2 is 0.839 bits per heavy atom. The standard InChI is InChI=1S/C30H37N5O2S.C29H36N6O2S.C16H16N2OS.C14H23N3O2.C10H8ClNO2.C6H11NS/c1-5-35(6-2)14-13-31-29(37)27-18(3)25(32-19(27)4)16-23-22-15-21(11-12-24(22)33-28(23)36)26-17-38-30(34-26)20-9-7-8-10-20;1-5-35(6-2)12-11-31-28(37)26-17(3)24(32-18(26)4)14-22-21-13-19(7-8-23(21)33-27(22)36)25-16-38-29(34-25)20-9-10-30-15-20;19-15-8-12-7-11(5-6-13(12)17-15)14-9-20-16(18-14)10-3-1-2-4-10;1-5-17(6-2)8-7-15-14(19)13-10(3)12(9-18)16-11(13)4;11-5-9(13)6-1-2-8-7(3-6)4-10(14)12-8;7-6(8)5-3-1-2-4-5/h11-12,15-17,20,32H,5-10,13-14H2,1-4H3,(H,31,37)(H,33,36);7-8,13-14,16,20,30,32H,5-6,9-12,15H2,1-4H3,(H,31,37)(H,33,36);5-7,9-10H,1-4,8H2,(H,17,19);9,16H,5-8H2,1-4H3,(H,15,19);1-3H,4-5H2,(H,12,14);5H,1-4H2,(H2,7,8)/b23-16-;22-14-;;;;. The number of alkyl halides is 1. The summed E-state index contributed by atoms with van der Waals surface area (Å²) in [6.07, 6.45) is 21.8. The molecule has 11 heterocycles. The van der Waals surface area contributed by atoms with Crippen LogP contribution in [0, 0.1) is 47.5 Å². The summed E-state index contributed by atoms with van der Waals surface area (Å²) in [7, 11) is 0. The summed E-state index contributed by atoms with van der Waals surface area (Å²) in [6.45, 7) is 36.0. The first-order valence-electron chi connectivity index (χ1n) is 48.3. The molecule has 5 aliphatic heterocycles. The van der Waals surface area contributed by atoms with E-state index >= 15 is 0 Å². The normalized spacial score (nSPS) is 16.3. The number of aromatic nitrogens is 6. The van der Waals surface area contributed by atoms with E-state index < -0.39 is 0 Å². The molecule has 3 aliphatic carbocycles. The number of nitrogens with two attached hydrogens (primary N) is 1. The number of amides is 7. The molecule has 0 bridgehead atoms. The highest BCUT2D eigenvalue weighted by molar-refractivity contribution is 7.80. The zero-order valence-corrected chi connectivity index (χ0v) is 84.9. The van der Waals surface area contributed by atoms with Gasteiger partial charge in [-0.3, -0.25) is 43.2 Å². The van der Waals surface area contributed by atoms with Gasteiger partial charge < -0.3 is 77.9 Å². The Morgan fingerprint density at radius 3 is 1.20 bits per heavy atom. The number of ketones is 1. The van der Waals surface area contributed by atoms with Crippen LogP contribution < -0.4 is 48.3 Å². The molecule has 726 valence electrons. The van der Waals surface area contributed by atoms with Crippen molar-refractivity contribution in [3.63, 3.8) is 0 Å². The summed E-state index contributed by atoms with van der Waals surface area (Å²) < 4.78 is 0. The lowest BCUT2D eigenvalue weighted by Gasteiger charge is -2.18. The fraction of sp³-hybridized carbons (Fsp3) is 0.438. The lowest BCUT2D eigenvalue weighted by molar-refractivity contribution is -0.115. The number of likely N-dealkylation sites (N-methyl/N-ethyl adjacent to an activating group) is 3. The first kappa shape index (κ1) is 103. The lowest BCUT2D eigenvalue weighted by atomic mass is 10.0. The van der Waals surface area contributed by atoms with Crippen LogP contribution in [-0.2, 0) is 32.0 Å². The number of Topliss-reactive ketones (excluding diaryl/α,β-unsaturated/α-hetero) is 1. The predicted molar refractivity (Wildman–Crippen MR) is 560 cm³/mol. The summed E-state index contributed by atoms with van der Waals surface area (Å²) in [5, 5.41) is 34.0. The van der Waals surface area contributed by atoms with Crippen molar-refractivity contribution in [2.45, 2.75) is 197 Å². The van der Waals surface area contributed by atoms with Gasteiger partial charge in [-0.1, -0.05) is 110 Å². The zero-order valence-electron chi connectivity index (χ0n) is 80.9. The zero-order chi connectivity index (χ0) is 97.7. The number of aldehydes is 1. The Labute approximate surface area is 826 Å². The van der Waals surface area contributed by atoms with Crippen LogP contribution in [0.3, 0.4) is 0 Å². The van der Waals surface area contributed by atoms with Gasteiger partial charge in [0.05, 0.1) is 89.3 Å². The van der Waals surface area contributed by atoms with Gasteiger partial charge in [-0.05, 0) is 227 Å². The van der Waals surface area contributed by atoms with E-state index in [1.54, 1.807) is 66.1 Å². The molecule has 137 heavy (non-hydrogen) atoms. The summed E-state index contributed by atoms with van der Waals surface area (Å²) in [5.41, 5.74) is 28.8. The molecular formula is C105H131ClN18O9S4. The summed E-state index contributed by atoms with van der Waals surface area (Å²) in [4.78, 5) is 140. The maximum absolute atomic E-state index is 13.0. The maximum Gasteiger partial charge on any atom is 0.256 e. The fourth-order valence-corrected chi connectivity index (χ4v) is 22.4. The first-order valence-corrected chi connectivity index (χ1v) is 51.9. The number of thiocarbonyl (C=S) groups is 1. The lowest BCUT2D eigenvalue weighted by Crippen LogP contribution is -2.35. The van der Waals surface area contributed by atoms with Crippen molar-refractivity contribution in [3.05, 3.63) is 199 Å². The molecule has 1 unspecified atom stereocenters. The Balaban J connectivity index is 0.000000148. The molecule has 4 fully saturated rings. The highest BCUT2D eigenvalue weighted by Gasteiger charge is 2.33. The first-order chi connectivity index (χ1) is 66.1. The average molecular weight is 1950 g/mol. The topological polar surface area (TPSA) is 372 Å². The molecule has 7 amide bonds. The summed E-state index contributed by atoms with van der Waals surface area (Å²) in [6, 6.07) is 23.3. The Kier molecular flexibility index (Phi) is 36.8. The van der Waals surface area contributed by atoms with Gasteiger partial charge >= 0.3 is 0 Å². The Morgan fingerprint density at radius 1 is 0.474 bits per heavy atom. The van der Waals surface area contributed by atoms with Gasteiger partial charge in [-0.15, -0.1) is 45.6 Å². The highest BCUT2D eigenvalue weighted by Crippen LogP contribution is 2.44. The average Bonchev–Trinajstić information content (AvgIpc) is 1.62. The third-order valence-electron chi connectivity index (χ3n) is 27.2. The van der Waals surface area contributed by atoms with Crippen LogP contribution in [0.15, 0.2) is 88.9 Å². The molecule has 6 aromatic heterocycles. The molecule has 1 saturated heterocycles. The van der Waals surface area contributed by atoms with Gasteiger partial charge in [-0.2, -0.15) is 0 Å². The fourth-order valence-electron chi connectivity index (χ4n) is 19.0. The molecule has 8 aliphatic rings. The molecule has 3 saturated carbocycles. The number of aromatic amines is 3. The number of rotatable bonds is 30. The number of hydrogen-bond donors (Lipinski definition) is 12. The number of hydrogen-bond acceptors (Lipinski definition) is 20. The number of anilines is 4. The molecule has 1 atom stereocenters. The number of aryl methyl sites for hydroxylation is 3. The number of carbonyl (C=O) groups is 9. The largest absolute Gasteiger partial charge is 0.393 e. The molecule has 4 aromatic carbocycles. The van der Waals surface area contributed by atoms with E-state index in [1.165, 1.54) is 87.1 Å². The summed E-state index contributed by atoms with van der Waals surface area (Å²) >= 11 is 15.5. The van der Waals surface area contributed by atoms with Crippen molar-refractivity contribution in [1.82, 2.24) is 65.9 Å². The van der Waals surface area contributed by atoms with Crippen LogP contribution >= 0.6 is 57.8 Å². The van der Waals surface area contributed by atoms with Crippen molar-refractivity contribution >= 4 is 162 Å². The van der Waals surface area contributed by atoms with E-state index in [-0.39, 0.29) is 53.0 Å². The molecule has 27 nitrogen and oxygen atoms in total. The minimum absolute atomic E-state index is 0.0276. The van der Waals surface area contributed by atoms with Gasteiger partial charge in [0.1, 0.15) is 0 Å². The number of thiazole rings is 3.